The van der Waals surface area contributed by atoms with Crippen LogP contribution in [0.1, 0.15) is 32.8 Å². The van der Waals surface area contributed by atoms with Crippen LogP contribution in [0, 0.1) is 12.8 Å². The molecule has 1 fully saturated rings. The van der Waals surface area contributed by atoms with Crippen LogP contribution >= 0.6 is 0 Å². The summed E-state index contributed by atoms with van der Waals surface area (Å²) in [7, 11) is 0. The van der Waals surface area contributed by atoms with Gasteiger partial charge in [-0.15, -0.1) is 0 Å². The Kier molecular flexibility index (Phi) is 3.79. The average Bonchev–Trinajstić information content (AvgIpc) is 2.71. The molecule has 20 heavy (non-hydrogen) atoms. The van der Waals surface area contributed by atoms with Crippen LogP contribution in [0.4, 0.5) is 5.82 Å². The van der Waals surface area contributed by atoms with E-state index in [0.29, 0.717) is 12.4 Å². The first-order chi connectivity index (χ1) is 9.27. The number of pyridine rings is 1. The highest BCUT2D eigenvalue weighted by Gasteiger charge is 2.39. The van der Waals surface area contributed by atoms with Crippen molar-refractivity contribution in [2.45, 2.75) is 39.7 Å². The van der Waals surface area contributed by atoms with Crippen molar-refractivity contribution in [3.05, 3.63) is 23.9 Å². The molecule has 1 aromatic heterocycles. The van der Waals surface area contributed by atoms with E-state index in [-0.39, 0.29) is 29.7 Å². The summed E-state index contributed by atoms with van der Waals surface area (Å²) >= 11 is 0. The van der Waals surface area contributed by atoms with E-state index < -0.39 is 0 Å². The first kappa shape index (κ1) is 14.5. The topological polar surface area (TPSA) is 62.3 Å². The molecule has 0 aliphatic carbocycles. The van der Waals surface area contributed by atoms with Crippen molar-refractivity contribution in [3.8, 4) is 0 Å². The van der Waals surface area contributed by atoms with Crippen LogP contribution in [0.5, 0.6) is 0 Å². The lowest BCUT2D eigenvalue weighted by Gasteiger charge is -2.31. The molecule has 0 saturated carbocycles. The summed E-state index contributed by atoms with van der Waals surface area (Å²) in [6.07, 6.45) is 1.93. The number of hydrogen-bond acceptors (Lipinski definition) is 3. The highest BCUT2D eigenvalue weighted by Crippen LogP contribution is 2.26. The lowest BCUT2D eigenvalue weighted by Crippen LogP contribution is -2.42. The zero-order chi connectivity index (χ0) is 14.9. The van der Waals surface area contributed by atoms with Crippen LogP contribution in [-0.4, -0.2) is 33.8 Å². The molecule has 0 unspecified atom stereocenters. The molecule has 1 aliphatic heterocycles. The third kappa shape index (κ3) is 3.15. The Bertz CT molecular complexity index is 534. The maximum Gasteiger partial charge on any atom is 0.230 e. The molecule has 2 rings (SSSR count). The molecule has 0 bridgehead atoms. The number of nitrogens with one attached hydrogen (secondary N) is 1. The summed E-state index contributed by atoms with van der Waals surface area (Å²) in [6, 6.07) is 3.69. The lowest BCUT2D eigenvalue weighted by molar-refractivity contribution is -0.131. The standard InChI is InChI=1S/C15H21N3O2/c1-10-5-6-16-12(7-10)17-14(20)11-8-13(19)18(9-11)15(2,3)4/h5-7,11H,8-9H2,1-4H3,(H,16,17,20)/t11-/m1/s1. The normalized spacial score (nSPS) is 19.3. The fourth-order valence-corrected chi connectivity index (χ4v) is 2.36. The molecule has 108 valence electrons. The van der Waals surface area contributed by atoms with Crippen LogP contribution < -0.4 is 5.32 Å². The van der Waals surface area contributed by atoms with E-state index in [4.69, 9.17) is 0 Å². The first-order valence-corrected chi connectivity index (χ1v) is 6.81. The van der Waals surface area contributed by atoms with Gasteiger partial charge >= 0.3 is 0 Å². The fraction of sp³-hybridized carbons (Fsp3) is 0.533. The molecule has 5 nitrogen and oxygen atoms in total. The van der Waals surface area contributed by atoms with Gasteiger partial charge in [-0.25, -0.2) is 4.98 Å². The maximum atomic E-state index is 12.2. The van der Waals surface area contributed by atoms with Gasteiger partial charge in [-0.1, -0.05) is 0 Å². The molecule has 0 aromatic carbocycles. The minimum absolute atomic E-state index is 0.0369. The van der Waals surface area contributed by atoms with E-state index in [1.54, 1.807) is 11.1 Å². The van der Waals surface area contributed by atoms with E-state index in [1.807, 2.05) is 39.8 Å². The third-order valence-corrected chi connectivity index (χ3v) is 3.47. The SMILES string of the molecule is Cc1ccnc(NC(=O)[C@@H]2CC(=O)N(C(C)(C)C)C2)c1. The second kappa shape index (κ2) is 5.23. The van der Waals surface area contributed by atoms with Crippen molar-refractivity contribution in [3.63, 3.8) is 0 Å². The van der Waals surface area contributed by atoms with E-state index in [9.17, 15) is 9.59 Å². The smallest absolute Gasteiger partial charge is 0.230 e. The molecule has 1 saturated heterocycles. The molecule has 1 aromatic rings. The van der Waals surface area contributed by atoms with E-state index >= 15 is 0 Å². The number of hydrogen-bond donors (Lipinski definition) is 1. The Labute approximate surface area is 119 Å². The minimum Gasteiger partial charge on any atom is -0.337 e. The van der Waals surface area contributed by atoms with E-state index in [2.05, 4.69) is 10.3 Å². The lowest BCUT2D eigenvalue weighted by atomic mass is 10.1. The number of likely N-dealkylation sites (tertiary alicyclic amines) is 1. The molecule has 5 heteroatoms. The van der Waals surface area contributed by atoms with Crippen molar-refractivity contribution in [1.29, 1.82) is 0 Å². The van der Waals surface area contributed by atoms with Gasteiger partial charge in [-0.2, -0.15) is 0 Å². The van der Waals surface area contributed by atoms with Gasteiger partial charge < -0.3 is 10.2 Å². The van der Waals surface area contributed by atoms with Gasteiger partial charge in [0.05, 0.1) is 5.92 Å². The van der Waals surface area contributed by atoms with Crippen molar-refractivity contribution in [2.24, 2.45) is 5.92 Å². The predicted octanol–water partition coefficient (Wildman–Crippen LogP) is 1.98. The number of nitrogens with zero attached hydrogens (tertiary/aromatic N) is 2. The summed E-state index contributed by atoms with van der Waals surface area (Å²) < 4.78 is 0. The van der Waals surface area contributed by atoms with E-state index in [1.165, 1.54) is 0 Å². The highest BCUT2D eigenvalue weighted by molar-refractivity contribution is 5.96. The van der Waals surface area contributed by atoms with Gasteiger partial charge in [-0.3, -0.25) is 9.59 Å². The van der Waals surface area contributed by atoms with Gasteiger partial charge in [0, 0.05) is 24.7 Å². The van der Waals surface area contributed by atoms with Gasteiger partial charge in [0.15, 0.2) is 0 Å². The van der Waals surface area contributed by atoms with Gasteiger partial charge in [0.25, 0.3) is 0 Å². The molecule has 1 atom stereocenters. The van der Waals surface area contributed by atoms with Crippen LogP contribution in [0.2, 0.25) is 0 Å². The van der Waals surface area contributed by atoms with Crippen molar-refractivity contribution in [2.75, 3.05) is 11.9 Å². The van der Waals surface area contributed by atoms with E-state index in [0.717, 1.165) is 5.56 Å². The Morgan fingerprint density at radius 1 is 1.45 bits per heavy atom. The summed E-state index contributed by atoms with van der Waals surface area (Å²) in [4.78, 5) is 30.1. The number of anilines is 1. The van der Waals surface area contributed by atoms with Crippen LogP contribution in [0.3, 0.4) is 0 Å². The predicted molar refractivity (Wildman–Crippen MR) is 77.2 cm³/mol. The first-order valence-electron chi connectivity index (χ1n) is 6.81. The highest BCUT2D eigenvalue weighted by atomic mass is 16.2. The Hall–Kier alpha value is -1.91. The Morgan fingerprint density at radius 2 is 2.15 bits per heavy atom. The Morgan fingerprint density at radius 3 is 2.70 bits per heavy atom. The summed E-state index contributed by atoms with van der Waals surface area (Å²) in [5, 5.41) is 2.79. The van der Waals surface area contributed by atoms with Crippen molar-refractivity contribution < 1.29 is 9.59 Å². The largest absolute Gasteiger partial charge is 0.337 e. The van der Waals surface area contributed by atoms with Gasteiger partial charge in [0.2, 0.25) is 11.8 Å². The average molecular weight is 275 g/mol. The quantitative estimate of drug-likeness (QED) is 0.897. The molecule has 2 amide bonds. The van der Waals surface area contributed by atoms with Crippen LogP contribution in [0.15, 0.2) is 18.3 Å². The van der Waals surface area contributed by atoms with Crippen molar-refractivity contribution in [1.82, 2.24) is 9.88 Å². The summed E-state index contributed by atoms with van der Waals surface area (Å²) in [6.45, 7) is 8.35. The number of aromatic nitrogens is 1. The Balaban J connectivity index is 2.03. The third-order valence-electron chi connectivity index (χ3n) is 3.47. The minimum atomic E-state index is -0.302. The van der Waals surface area contributed by atoms with Gasteiger partial charge in [0.1, 0.15) is 5.82 Å². The second-order valence-corrected chi connectivity index (χ2v) is 6.28. The van der Waals surface area contributed by atoms with Crippen LogP contribution in [-0.2, 0) is 9.59 Å². The number of carbonyl (C=O) groups is 2. The number of rotatable bonds is 2. The molecule has 2 heterocycles. The molecule has 1 N–H and O–H groups in total. The molecular formula is C15H21N3O2. The monoisotopic (exact) mass is 275 g/mol. The fourth-order valence-electron chi connectivity index (χ4n) is 2.36. The molecular weight excluding hydrogens is 254 g/mol. The molecule has 0 radical (unpaired) electrons. The summed E-state index contributed by atoms with van der Waals surface area (Å²) in [5.41, 5.74) is 0.794. The second-order valence-electron chi connectivity index (χ2n) is 6.28. The number of aryl methyl sites for hydroxylation is 1. The summed E-state index contributed by atoms with van der Waals surface area (Å²) in [5.74, 6) is 0.138. The van der Waals surface area contributed by atoms with Gasteiger partial charge in [-0.05, 0) is 45.4 Å². The zero-order valence-corrected chi connectivity index (χ0v) is 12.4. The number of carbonyl (C=O) groups excluding carboxylic acids is 2. The van der Waals surface area contributed by atoms with Crippen molar-refractivity contribution >= 4 is 17.6 Å². The molecule has 0 spiro atoms. The zero-order valence-electron chi connectivity index (χ0n) is 12.4. The maximum absolute atomic E-state index is 12.2. The molecule has 1 aliphatic rings. The van der Waals surface area contributed by atoms with Crippen LogP contribution in [0.25, 0.3) is 0 Å². The number of amides is 2.